The number of phenolic OH excluding ortho intramolecular Hbond substituents is 2. The number of carbonyl (C=O) groups is 2. The lowest BCUT2D eigenvalue weighted by Crippen LogP contribution is -2.44. The summed E-state index contributed by atoms with van der Waals surface area (Å²) in [6.07, 6.45) is 0. The molecule has 112 valence electrons. The zero-order chi connectivity index (χ0) is 15.9. The lowest BCUT2D eigenvalue weighted by atomic mass is 9.83. The monoisotopic (exact) mass is 318 g/mol. The van der Waals surface area contributed by atoms with E-state index in [4.69, 9.17) is 11.6 Å². The fourth-order valence-electron chi connectivity index (χ4n) is 2.48. The molecule has 1 fully saturated rings. The predicted octanol–water partition coefficient (Wildman–Crippen LogP) is 1.83. The summed E-state index contributed by atoms with van der Waals surface area (Å²) >= 11 is 5.92. The van der Waals surface area contributed by atoms with E-state index < -0.39 is 17.5 Å². The maximum atomic E-state index is 12.4. The quantitative estimate of drug-likeness (QED) is 0.635. The lowest BCUT2D eigenvalue weighted by Gasteiger charge is -2.27. The summed E-state index contributed by atoms with van der Waals surface area (Å²) in [4.78, 5) is 24.1. The van der Waals surface area contributed by atoms with Crippen LogP contribution in [0.4, 0.5) is 4.79 Å². The summed E-state index contributed by atoms with van der Waals surface area (Å²) in [7, 11) is 0. The van der Waals surface area contributed by atoms with Gasteiger partial charge in [0.25, 0.3) is 5.91 Å². The van der Waals surface area contributed by atoms with Gasteiger partial charge in [-0.25, -0.2) is 4.79 Å². The van der Waals surface area contributed by atoms with Gasteiger partial charge < -0.3 is 15.5 Å². The summed E-state index contributed by atoms with van der Waals surface area (Å²) in [5, 5.41) is 23.8. The molecule has 1 heterocycles. The van der Waals surface area contributed by atoms with Gasteiger partial charge in [0, 0.05) is 0 Å². The molecule has 0 saturated carbocycles. The lowest BCUT2D eigenvalue weighted by molar-refractivity contribution is -0.122. The molecule has 6 nitrogen and oxygen atoms in total. The van der Waals surface area contributed by atoms with Crippen LogP contribution in [0.3, 0.4) is 0 Å². The molecular formula is C15H11ClN2O4. The molecular weight excluding hydrogens is 308 g/mol. The normalized spacial score (nSPS) is 20.6. The minimum atomic E-state index is -1.47. The zero-order valence-corrected chi connectivity index (χ0v) is 11.9. The number of rotatable bonds is 2. The Kier molecular flexibility index (Phi) is 3.18. The molecule has 2 aromatic carbocycles. The molecule has 0 radical (unpaired) electrons. The Balaban J connectivity index is 2.23. The topological polar surface area (TPSA) is 98.7 Å². The van der Waals surface area contributed by atoms with Crippen LogP contribution in [0.1, 0.15) is 11.1 Å². The molecule has 2 aromatic rings. The van der Waals surface area contributed by atoms with E-state index in [-0.39, 0.29) is 16.5 Å². The SMILES string of the molecule is O=C1NC(=O)C(c2ccc(O)cc2)(c2ccc(O)c(Cl)c2)N1. The first-order valence-electron chi connectivity index (χ1n) is 6.35. The molecule has 0 bridgehead atoms. The van der Waals surface area contributed by atoms with Crippen LogP contribution in [0, 0.1) is 0 Å². The van der Waals surface area contributed by atoms with Crippen molar-refractivity contribution in [2.45, 2.75) is 5.54 Å². The Hall–Kier alpha value is -2.73. The zero-order valence-electron chi connectivity index (χ0n) is 11.1. The van der Waals surface area contributed by atoms with Crippen molar-refractivity contribution >= 4 is 23.5 Å². The third-order valence-corrected chi connectivity index (χ3v) is 3.85. The van der Waals surface area contributed by atoms with Crippen LogP contribution in [-0.4, -0.2) is 22.2 Å². The van der Waals surface area contributed by atoms with E-state index in [1.54, 1.807) is 0 Å². The number of urea groups is 1. The Labute approximate surface area is 130 Å². The number of benzene rings is 2. The second-order valence-corrected chi connectivity index (χ2v) is 5.28. The predicted molar refractivity (Wildman–Crippen MR) is 78.7 cm³/mol. The standard InChI is InChI=1S/C15H11ClN2O4/c16-11-7-9(3-6-12(11)20)15(13(21)17-14(22)18-15)8-1-4-10(19)5-2-8/h1-7,19-20H,(H2,17,18,21,22). The fraction of sp³-hybridized carbons (Fsp3) is 0.0667. The maximum Gasteiger partial charge on any atom is 0.322 e. The number of nitrogens with one attached hydrogen (secondary N) is 2. The van der Waals surface area contributed by atoms with Crippen LogP contribution < -0.4 is 10.6 Å². The summed E-state index contributed by atoms with van der Waals surface area (Å²) in [6.45, 7) is 0. The molecule has 1 saturated heterocycles. The number of imide groups is 1. The average molecular weight is 319 g/mol. The molecule has 0 spiro atoms. The second kappa shape index (κ2) is 4.92. The van der Waals surface area contributed by atoms with Crippen LogP contribution in [0.15, 0.2) is 42.5 Å². The average Bonchev–Trinajstić information content (AvgIpc) is 2.78. The van der Waals surface area contributed by atoms with Crippen molar-refractivity contribution in [3.05, 3.63) is 58.6 Å². The van der Waals surface area contributed by atoms with Crippen molar-refractivity contribution in [1.82, 2.24) is 10.6 Å². The van der Waals surface area contributed by atoms with Gasteiger partial charge in [-0.05, 0) is 35.4 Å². The van der Waals surface area contributed by atoms with Gasteiger partial charge in [0.1, 0.15) is 11.5 Å². The highest BCUT2D eigenvalue weighted by atomic mass is 35.5. The van der Waals surface area contributed by atoms with E-state index in [1.165, 1.54) is 42.5 Å². The van der Waals surface area contributed by atoms with E-state index in [1.807, 2.05) is 0 Å². The highest BCUT2D eigenvalue weighted by Gasteiger charge is 2.49. The molecule has 1 aliphatic heterocycles. The molecule has 1 atom stereocenters. The molecule has 3 rings (SSSR count). The number of amides is 3. The number of phenols is 2. The van der Waals surface area contributed by atoms with Crippen LogP contribution >= 0.6 is 11.6 Å². The Morgan fingerprint density at radius 1 is 0.955 bits per heavy atom. The van der Waals surface area contributed by atoms with Gasteiger partial charge in [-0.3, -0.25) is 10.1 Å². The van der Waals surface area contributed by atoms with Gasteiger partial charge in [0.15, 0.2) is 5.54 Å². The van der Waals surface area contributed by atoms with E-state index in [9.17, 15) is 19.8 Å². The maximum absolute atomic E-state index is 12.4. The van der Waals surface area contributed by atoms with Crippen LogP contribution in [-0.2, 0) is 10.3 Å². The van der Waals surface area contributed by atoms with Gasteiger partial charge in [0.05, 0.1) is 5.02 Å². The van der Waals surface area contributed by atoms with Gasteiger partial charge in [0.2, 0.25) is 0 Å². The molecule has 7 heteroatoms. The number of hydrogen-bond donors (Lipinski definition) is 4. The molecule has 0 aliphatic carbocycles. The summed E-state index contributed by atoms with van der Waals surface area (Å²) < 4.78 is 0. The Bertz CT molecular complexity index is 776. The summed E-state index contributed by atoms with van der Waals surface area (Å²) in [5.74, 6) is -0.659. The largest absolute Gasteiger partial charge is 0.508 e. The number of carbonyl (C=O) groups excluding carboxylic acids is 2. The summed E-state index contributed by atoms with van der Waals surface area (Å²) in [5.41, 5.74) is -0.623. The van der Waals surface area contributed by atoms with Crippen LogP contribution in [0.2, 0.25) is 5.02 Å². The molecule has 3 amide bonds. The first-order valence-corrected chi connectivity index (χ1v) is 6.73. The molecule has 1 aliphatic rings. The van der Waals surface area contributed by atoms with E-state index in [2.05, 4.69) is 10.6 Å². The van der Waals surface area contributed by atoms with Crippen molar-refractivity contribution in [3.63, 3.8) is 0 Å². The van der Waals surface area contributed by atoms with Crippen LogP contribution in [0.5, 0.6) is 11.5 Å². The van der Waals surface area contributed by atoms with Crippen molar-refractivity contribution in [2.24, 2.45) is 0 Å². The molecule has 22 heavy (non-hydrogen) atoms. The van der Waals surface area contributed by atoms with Gasteiger partial charge in [-0.1, -0.05) is 29.8 Å². The first kappa shape index (κ1) is 14.2. The first-order chi connectivity index (χ1) is 10.4. The molecule has 1 unspecified atom stereocenters. The second-order valence-electron chi connectivity index (χ2n) is 4.87. The van der Waals surface area contributed by atoms with Crippen molar-refractivity contribution in [1.29, 1.82) is 0 Å². The van der Waals surface area contributed by atoms with E-state index in [0.29, 0.717) is 11.1 Å². The van der Waals surface area contributed by atoms with Crippen molar-refractivity contribution in [2.75, 3.05) is 0 Å². The van der Waals surface area contributed by atoms with Gasteiger partial charge in [-0.15, -0.1) is 0 Å². The van der Waals surface area contributed by atoms with Gasteiger partial charge >= 0.3 is 6.03 Å². The third-order valence-electron chi connectivity index (χ3n) is 3.55. The fourth-order valence-corrected chi connectivity index (χ4v) is 2.66. The number of hydrogen-bond acceptors (Lipinski definition) is 4. The molecule has 0 aromatic heterocycles. The molecule has 4 N–H and O–H groups in total. The van der Waals surface area contributed by atoms with Crippen molar-refractivity contribution in [3.8, 4) is 11.5 Å². The van der Waals surface area contributed by atoms with E-state index in [0.717, 1.165) is 0 Å². The highest BCUT2D eigenvalue weighted by Crippen LogP contribution is 2.36. The van der Waals surface area contributed by atoms with Gasteiger partial charge in [-0.2, -0.15) is 0 Å². The minimum Gasteiger partial charge on any atom is -0.508 e. The highest BCUT2D eigenvalue weighted by molar-refractivity contribution is 6.32. The minimum absolute atomic E-state index is 0.0346. The third kappa shape index (κ3) is 2.05. The van der Waals surface area contributed by atoms with Crippen LogP contribution in [0.25, 0.3) is 0 Å². The Morgan fingerprint density at radius 2 is 1.59 bits per heavy atom. The Morgan fingerprint density at radius 3 is 2.14 bits per heavy atom. The smallest absolute Gasteiger partial charge is 0.322 e. The van der Waals surface area contributed by atoms with E-state index >= 15 is 0 Å². The number of halogens is 1. The number of aromatic hydroxyl groups is 2. The summed E-state index contributed by atoms with van der Waals surface area (Å²) in [6, 6.07) is 9.50. The van der Waals surface area contributed by atoms with Crippen molar-refractivity contribution < 1.29 is 19.8 Å².